The number of esters is 1. The molecule has 0 aliphatic heterocycles. The molecule has 0 saturated carbocycles. The molecule has 0 saturated heterocycles. The molecule has 0 spiro atoms. The number of hydrogen-bond acceptors (Lipinski definition) is 4. The summed E-state index contributed by atoms with van der Waals surface area (Å²) in [5.74, 6) is 0.170. The third-order valence-corrected chi connectivity index (χ3v) is 2.08. The molecular formula is C11H13N3O2. The van der Waals surface area contributed by atoms with Crippen molar-refractivity contribution in [3.05, 3.63) is 18.2 Å². The molecule has 5 nitrogen and oxygen atoms in total. The zero-order valence-electron chi connectivity index (χ0n) is 9.30. The molecule has 0 unspecified atom stereocenters. The van der Waals surface area contributed by atoms with Crippen molar-refractivity contribution in [2.24, 2.45) is 0 Å². The van der Waals surface area contributed by atoms with Gasteiger partial charge in [0, 0.05) is 13.0 Å². The van der Waals surface area contributed by atoms with Crippen LogP contribution in [0.15, 0.2) is 18.2 Å². The lowest BCUT2D eigenvalue weighted by molar-refractivity contribution is -0.131. The van der Waals surface area contributed by atoms with E-state index >= 15 is 0 Å². The number of rotatable bonds is 3. The number of carbonyl (C=O) groups excluding carboxylic acids is 1. The Labute approximate surface area is 93.0 Å². The van der Waals surface area contributed by atoms with E-state index in [1.54, 1.807) is 23.0 Å². The number of carbonyl (C=O) groups is 1. The molecule has 0 aliphatic rings. The summed E-state index contributed by atoms with van der Waals surface area (Å²) in [4.78, 5) is 12.4. The van der Waals surface area contributed by atoms with Crippen LogP contribution in [0.1, 0.15) is 20.3 Å². The molecule has 2 rings (SSSR count). The zero-order chi connectivity index (χ0) is 11.5. The van der Waals surface area contributed by atoms with Gasteiger partial charge in [0.25, 0.3) is 0 Å². The van der Waals surface area contributed by atoms with Crippen LogP contribution in [0.5, 0.6) is 5.75 Å². The maximum absolute atomic E-state index is 10.8. The molecule has 0 N–H and O–H groups in total. The van der Waals surface area contributed by atoms with Crippen LogP contribution in [-0.4, -0.2) is 21.0 Å². The molecular weight excluding hydrogens is 206 g/mol. The molecule has 0 amide bonds. The molecule has 0 aliphatic carbocycles. The van der Waals surface area contributed by atoms with Gasteiger partial charge in [0.05, 0.1) is 6.54 Å². The monoisotopic (exact) mass is 219 g/mol. The number of fused-ring (bicyclic) bond motifs is 1. The highest BCUT2D eigenvalue weighted by atomic mass is 16.5. The van der Waals surface area contributed by atoms with Crippen LogP contribution < -0.4 is 4.74 Å². The Kier molecular flexibility index (Phi) is 2.85. The summed E-state index contributed by atoms with van der Waals surface area (Å²) in [7, 11) is 0. The van der Waals surface area contributed by atoms with E-state index in [0.29, 0.717) is 5.75 Å². The lowest BCUT2D eigenvalue weighted by Crippen LogP contribution is -2.01. The Bertz CT molecular complexity index is 519. The number of hydrogen-bond donors (Lipinski definition) is 0. The van der Waals surface area contributed by atoms with E-state index in [0.717, 1.165) is 24.0 Å². The highest BCUT2D eigenvalue weighted by Crippen LogP contribution is 2.17. The lowest BCUT2D eigenvalue weighted by Gasteiger charge is -1.98. The van der Waals surface area contributed by atoms with E-state index in [4.69, 9.17) is 4.74 Å². The molecule has 0 bridgehead atoms. The van der Waals surface area contributed by atoms with Crippen molar-refractivity contribution in [3.63, 3.8) is 0 Å². The Hall–Kier alpha value is -1.91. The quantitative estimate of drug-likeness (QED) is 0.583. The van der Waals surface area contributed by atoms with E-state index in [1.807, 2.05) is 0 Å². The Balaban J connectivity index is 2.33. The summed E-state index contributed by atoms with van der Waals surface area (Å²) >= 11 is 0. The van der Waals surface area contributed by atoms with Gasteiger partial charge in [0.15, 0.2) is 0 Å². The first-order valence-electron chi connectivity index (χ1n) is 5.22. The van der Waals surface area contributed by atoms with E-state index in [2.05, 4.69) is 17.1 Å². The van der Waals surface area contributed by atoms with Gasteiger partial charge < -0.3 is 4.74 Å². The van der Waals surface area contributed by atoms with Gasteiger partial charge in [0.2, 0.25) is 0 Å². The van der Waals surface area contributed by atoms with Gasteiger partial charge in [-0.25, -0.2) is 0 Å². The van der Waals surface area contributed by atoms with Crippen molar-refractivity contribution < 1.29 is 9.53 Å². The number of benzene rings is 1. The largest absolute Gasteiger partial charge is 0.427 e. The summed E-state index contributed by atoms with van der Waals surface area (Å²) in [5, 5.41) is 8.57. The van der Waals surface area contributed by atoms with Gasteiger partial charge in [-0.05, 0) is 18.6 Å². The first kappa shape index (κ1) is 10.6. The van der Waals surface area contributed by atoms with Crippen LogP contribution in [0.2, 0.25) is 0 Å². The van der Waals surface area contributed by atoms with Crippen LogP contribution in [0.4, 0.5) is 0 Å². The van der Waals surface area contributed by atoms with Crippen molar-refractivity contribution in [1.82, 2.24) is 15.0 Å². The van der Waals surface area contributed by atoms with Gasteiger partial charge in [-0.2, -0.15) is 15.0 Å². The fraction of sp³-hybridized carbons (Fsp3) is 0.364. The van der Waals surface area contributed by atoms with Crippen molar-refractivity contribution in [3.8, 4) is 5.75 Å². The number of ether oxygens (including phenoxy) is 1. The second-order valence-electron chi connectivity index (χ2n) is 3.54. The molecule has 1 aromatic heterocycles. The third-order valence-electron chi connectivity index (χ3n) is 2.08. The molecule has 5 heteroatoms. The molecule has 0 radical (unpaired) electrons. The molecule has 1 aromatic carbocycles. The van der Waals surface area contributed by atoms with Crippen LogP contribution in [-0.2, 0) is 11.3 Å². The average molecular weight is 219 g/mol. The molecule has 84 valence electrons. The van der Waals surface area contributed by atoms with Gasteiger partial charge >= 0.3 is 5.97 Å². The summed E-state index contributed by atoms with van der Waals surface area (Å²) in [6.45, 7) is 4.23. The highest BCUT2D eigenvalue weighted by molar-refractivity contribution is 5.77. The van der Waals surface area contributed by atoms with Crippen LogP contribution in [0.3, 0.4) is 0 Å². The lowest BCUT2D eigenvalue weighted by atomic mass is 10.3. The van der Waals surface area contributed by atoms with E-state index in [1.165, 1.54) is 6.92 Å². The minimum absolute atomic E-state index is 0.333. The van der Waals surface area contributed by atoms with Crippen LogP contribution in [0, 0.1) is 0 Å². The smallest absolute Gasteiger partial charge is 0.308 e. The molecule has 0 atom stereocenters. The predicted octanol–water partition coefficient (Wildman–Crippen LogP) is 1.77. The van der Waals surface area contributed by atoms with Gasteiger partial charge in [-0.3, -0.25) is 4.79 Å². The summed E-state index contributed by atoms with van der Waals surface area (Å²) in [6, 6.07) is 5.23. The summed E-state index contributed by atoms with van der Waals surface area (Å²) in [5.41, 5.74) is 1.55. The van der Waals surface area contributed by atoms with Crippen molar-refractivity contribution >= 4 is 17.0 Å². The van der Waals surface area contributed by atoms with Crippen LogP contribution in [0.25, 0.3) is 11.0 Å². The van der Waals surface area contributed by atoms with Crippen LogP contribution >= 0.6 is 0 Å². The summed E-state index contributed by atoms with van der Waals surface area (Å²) in [6.07, 6.45) is 0.984. The second kappa shape index (κ2) is 4.30. The molecule has 0 fully saturated rings. The normalized spacial score (nSPS) is 10.6. The minimum atomic E-state index is -0.333. The average Bonchev–Trinajstić information content (AvgIpc) is 2.59. The van der Waals surface area contributed by atoms with E-state index in [9.17, 15) is 4.79 Å². The molecule has 16 heavy (non-hydrogen) atoms. The topological polar surface area (TPSA) is 57.0 Å². The second-order valence-corrected chi connectivity index (χ2v) is 3.54. The Morgan fingerprint density at radius 1 is 1.38 bits per heavy atom. The first-order valence-corrected chi connectivity index (χ1v) is 5.22. The maximum atomic E-state index is 10.8. The van der Waals surface area contributed by atoms with Crippen molar-refractivity contribution in [2.45, 2.75) is 26.8 Å². The SMILES string of the molecule is CCCn1nc2ccc(OC(C)=O)cc2n1. The van der Waals surface area contributed by atoms with Gasteiger partial charge in [-0.15, -0.1) is 0 Å². The Morgan fingerprint density at radius 2 is 2.12 bits per heavy atom. The molecule has 1 heterocycles. The summed E-state index contributed by atoms with van der Waals surface area (Å²) < 4.78 is 4.98. The number of nitrogens with zero attached hydrogens (tertiary/aromatic N) is 3. The number of aromatic nitrogens is 3. The number of aryl methyl sites for hydroxylation is 1. The van der Waals surface area contributed by atoms with E-state index in [-0.39, 0.29) is 5.97 Å². The first-order chi connectivity index (χ1) is 7.69. The predicted molar refractivity (Wildman–Crippen MR) is 59.1 cm³/mol. The Morgan fingerprint density at radius 3 is 2.81 bits per heavy atom. The maximum Gasteiger partial charge on any atom is 0.308 e. The van der Waals surface area contributed by atoms with Crippen molar-refractivity contribution in [1.29, 1.82) is 0 Å². The highest BCUT2D eigenvalue weighted by Gasteiger charge is 2.05. The zero-order valence-corrected chi connectivity index (χ0v) is 9.30. The van der Waals surface area contributed by atoms with Gasteiger partial charge in [-0.1, -0.05) is 6.92 Å². The fourth-order valence-corrected chi connectivity index (χ4v) is 1.47. The third kappa shape index (κ3) is 2.18. The van der Waals surface area contributed by atoms with E-state index < -0.39 is 0 Å². The van der Waals surface area contributed by atoms with Crippen molar-refractivity contribution in [2.75, 3.05) is 0 Å². The standard InChI is InChI=1S/C11H13N3O2/c1-3-6-14-12-10-5-4-9(16-8(2)15)7-11(10)13-14/h4-5,7H,3,6H2,1-2H3. The van der Waals surface area contributed by atoms with Gasteiger partial charge in [0.1, 0.15) is 16.8 Å². The molecule has 2 aromatic rings. The minimum Gasteiger partial charge on any atom is -0.427 e. The fourth-order valence-electron chi connectivity index (χ4n) is 1.47.